The Hall–Kier alpha value is -1.59. The minimum absolute atomic E-state index is 0.494. The summed E-state index contributed by atoms with van der Waals surface area (Å²) in [6, 6.07) is 5.32. The highest BCUT2D eigenvalue weighted by atomic mass is 16.5. The molecule has 1 rings (SSSR count). The van der Waals surface area contributed by atoms with Crippen LogP contribution in [0.2, 0.25) is 0 Å². The average Bonchev–Trinajstić information content (AvgIpc) is 2.27. The van der Waals surface area contributed by atoms with E-state index >= 15 is 0 Å². The van der Waals surface area contributed by atoms with Gasteiger partial charge in [0.1, 0.15) is 5.75 Å². The summed E-state index contributed by atoms with van der Waals surface area (Å²) < 4.78 is 5.14. The van der Waals surface area contributed by atoms with E-state index in [1.54, 1.807) is 12.1 Å². The van der Waals surface area contributed by atoms with Crippen LogP contribution in [0.3, 0.4) is 0 Å². The topological polar surface area (TPSA) is 84.6 Å². The molecular weight excluding hydrogens is 208 g/mol. The molecule has 0 aliphatic heterocycles. The standard InChI is InChI=1S/C11H16N2O3/c1-7-4-5-9(16-3)8(6-7)11(2,13-12)10(14)15/h4-6,13H,12H2,1-3H3,(H,14,15). The van der Waals surface area contributed by atoms with Crippen molar-refractivity contribution in [2.75, 3.05) is 7.11 Å². The van der Waals surface area contributed by atoms with Gasteiger partial charge in [0.05, 0.1) is 7.11 Å². The van der Waals surface area contributed by atoms with Gasteiger partial charge in [-0.3, -0.25) is 5.84 Å². The first-order chi connectivity index (χ1) is 7.45. The fourth-order valence-corrected chi connectivity index (χ4v) is 1.47. The molecule has 0 aliphatic carbocycles. The second kappa shape index (κ2) is 4.51. The van der Waals surface area contributed by atoms with Gasteiger partial charge in [-0.2, -0.15) is 0 Å². The molecule has 1 aromatic rings. The van der Waals surface area contributed by atoms with Gasteiger partial charge in [0.15, 0.2) is 5.54 Å². The Morgan fingerprint density at radius 2 is 2.19 bits per heavy atom. The molecule has 0 fully saturated rings. The normalized spacial score (nSPS) is 14.2. The van der Waals surface area contributed by atoms with Crippen LogP contribution in [0.4, 0.5) is 0 Å². The van der Waals surface area contributed by atoms with Crippen LogP contribution in [0, 0.1) is 6.92 Å². The van der Waals surface area contributed by atoms with Gasteiger partial charge >= 0.3 is 5.97 Å². The van der Waals surface area contributed by atoms with Crippen molar-refractivity contribution in [3.8, 4) is 5.75 Å². The first-order valence-electron chi connectivity index (χ1n) is 4.82. The van der Waals surface area contributed by atoms with E-state index in [4.69, 9.17) is 10.6 Å². The number of hydrazine groups is 1. The van der Waals surface area contributed by atoms with E-state index in [-0.39, 0.29) is 0 Å². The molecule has 88 valence electrons. The zero-order valence-electron chi connectivity index (χ0n) is 9.57. The summed E-state index contributed by atoms with van der Waals surface area (Å²) in [4.78, 5) is 11.2. The monoisotopic (exact) mass is 224 g/mol. The molecule has 1 aromatic carbocycles. The van der Waals surface area contributed by atoms with Gasteiger partial charge in [0, 0.05) is 5.56 Å². The highest BCUT2D eigenvalue weighted by molar-refractivity contribution is 5.81. The van der Waals surface area contributed by atoms with Crippen molar-refractivity contribution in [1.29, 1.82) is 0 Å². The third-order valence-corrected chi connectivity index (χ3v) is 2.61. The van der Waals surface area contributed by atoms with Crippen LogP contribution in [-0.4, -0.2) is 18.2 Å². The number of aliphatic carboxylic acids is 1. The van der Waals surface area contributed by atoms with E-state index in [1.807, 2.05) is 13.0 Å². The molecular formula is C11H16N2O3. The molecule has 0 spiro atoms. The Labute approximate surface area is 94.2 Å². The molecule has 4 N–H and O–H groups in total. The lowest BCUT2D eigenvalue weighted by Crippen LogP contribution is -2.50. The lowest BCUT2D eigenvalue weighted by atomic mass is 9.91. The van der Waals surface area contributed by atoms with Crippen molar-refractivity contribution < 1.29 is 14.6 Å². The fraction of sp³-hybridized carbons (Fsp3) is 0.364. The number of benzene rings is 1. The molecule has 1 atom stereocenters. The molecule has 5 nitrogen and oxygen atoms in total. The van der Waals surface area contributed by atoms with E-state index < -0.39 is 11.5 Å². The lowest BCUT2D eigenvalue weighted by molar-refractivity contribution is -0.144. The summed E-state index contributed by atoms with van der Waals surface area (Å²) >= 11 is 0. The van der Waals surface area contributed by atoms with Crippen LogP contribution in [0.25, 0.3) is 0 Å². The summed E-state index contributed by atoms with van der Waals surface area (Å²) in [6.07, 6.45) is 0. The number of hydrogen-bond acceptors (Lipinski definition) is 4. The Morgan fingerprint density at radius 1 is 1.56 bits per heavy atom. The van der Waals surface area contributed by atoms with Gasteiger partial charge in [-0.05, 0) is 26.0 Å². The molecule has 5 heteroatoms. The number of ether oxygens (including phenoxy) is 1. The van der Waals surface area contributed by atoms with Crippen LogP contribution in [0.5, 0.6) is 5.75 Å². The number of nitrogens with two attached hydrogens (primary N) is 1. The molecule has 0 saturated heterocycles. The van der Waals surface area contributed by atoms with Crippen molar-refractivity contribution in [2.24, 2.45) is 5.84 Å². The SMILES string of the molecule is COc1ccc(C)cc1C(C)(NN)C(=O)O. The quantitative estimate of drug-likeness (QED) is 0.519. The number of carboxylic acid groups (broad SMARTS) is 1. The highest BCUT2D eigenvalue weighted by Crippen LogP contribution is 2.30. The Balaban J connectivity index is 3.39. The average molecular weight is 224 g/mol. The first kappa shape index (κ1) is 12.5. The number of methoxy groups -OCH3 is 1. The maximum atomic E-state index is 11.2. The van der Waals surface area contributed by atoms with Crippen LogP contribution in [0.1, 0.15) is 18.1 Å². The van der Waals surface area contributed by atoms with Gasteiger partial charge in [0.2, 0.25) is 0 Å². The molecule has 16 heavy (non-hydrogen) atoms. The third kappa shape index (κ3) is 2.00. The summed E-state index contributed by atoms with van der Waals surface area (Å²) in [5.74, 6) is 4.76. The van der Waals surface area contributed by atoms with E-state index in [0.717, 1.165) is 5.56 Å². The molecule has 0 saturated carbocycles. The van der Waals surface area contributed by atoms with Crippen molar-refractivity contribution >= 4 is 5.97 Å². The lowest BCUT2D eigenvalue weighted by Gasteiger charge is -2.26. The van der Waals surface area contributed by atoms with Gasteiger partial charge in [0.25, 0.3) is 0 Å². The number of aryl methyl sites for hydroxylation is 1. The summed E-state index contributed by atoms with van der Waals surface area (Å²) in [5.41, 5.74) is 2.40. The van der Waals surface area contributed by atoms with Crippen LogP contribution in [-0.2, 0) is 10.3 Å². The van der Waals surface area contributed by atoms with Crippen LogP contribution in [0.15, 0.2) is 18.2 Å². The maximum Gasteiger partial charge on any atom is 0.329 e. The molecule has 0 radical (unpaired) electrons. The highest BCUT2D eigenvalue weighted by Gasteiger charge is 2.36. The number of hydrogen-bond donors (Lipinski definition) is 3. The van der Waals surface area contributed by atoms with Crippen molar-refractivity contribution in [1.82, 2.24) is 5.43 Å². The number of rotatable bonds is 4. The second-order valence-corrected chi connectivity index (χ2v) is 3.78. The van der Waals surface area contributed by atoms with Crippen LogP contribution >= 0.6 is 0 Å². The largest absolute Gasteiger partial charge is 0.496 e. The summed E-state index contributed by atoms with van der Waals surface area (Å²) in [7, 11) is 1.49. The van der Waals surface area contributed by atoms with Crippen molar-refractivity contribution in [2.45, 2.75) is 19.4 Å². The van der Waals surface area contributed by atoms with E-state index in [2.05, 4.69) is 5.43 Å². The van der Waals surface area contributed by atoms with E-state index in [1.165, 1.54) is 14.0 Å². The second-order valence-electron chi connectivity index (χ2n) is 3.78. The minimum Gasteiger partial charge on any atom is -0.496 e. The Bertz CT molecular complexity index is 406. The van der Waals surface area contributed by atoms with E-state index in [0.29, 0.717) is 11.3 Å². The first-order valence-corrected chi connectivity index (χ1v) is 4.82. The van der Waals surface area contributed by atoms with Gasteiger partial charge in [-0.15, -0.1) is 0 Å². The van der Waals surface area contributed by atoms with Gasteiger partial charge < -0.3 is 9.84 Å². The maximum absolute atomic E-state index is 11.2. The van der Waals surface area contributed by atoms with Crippen molar-refractivity contribution in [3.05, 3.63) is 29.3 Å². The predicted molar refractivity (Wildman–Crippen MR) is 60.0 cm³/mol. The molecule has 0 amide bonds. The van der Waals surface area contributed by atoms with Crippen LogP contribution < -0.4 is 16.0 Å². The third-order valence-electron chi connectivity index (χ3n) is 2.61. The Kier molecular flexibility index (Phi) is 3.51. The molecule has 0 heterocycles. The van der Waals surface area contributed by atoms with Gasteiger partial charge in [-0.1, -0.05) is 11.6 Å². The zero-order valence-corrected chi connectivity index (χ0v) is 9.57. The molecule has 0 aliphatic rings. The van der Waals surface area contributed by atoms with Gasteiger partial charge in [-0.25, -0.2) is 10.2 Å². The predicted octanol–water partition coefficient (Wildman–Crippen LogP) is 0.767. The number of nitrogens with one attached hydrogen (secondary N) is 1. The summed E-state index contributed by atoms with van der Waals surface area (Å²) in [5, 5.41) is 9.20. The zero-order chi connectivity index (χ0) is 12.3. The molecule has 1 unspecified atom stereocenters. The van der Waals surface area contributed by atoms with E-state index in [9.17, 15) is 9.90 Å². The number of carboxylic acids is 1. The number of carbonyl (C=O) groups is 1. The molecule has 0 bridgehead atoms. The minimum atomic E-state index is -1.36. The summed E-state index contributed by atoms with van der Waals surface area (Å²) in [6.45, 7) is 3.37. The Morgan fingerprint density at radius 3 is 2.62 bits per heavy atom. The smallest absolute Gasteiger partial charge is 0.329 e. The fourth-order valence-electron chi connectivity index (χ4n) is 1.47. The van der Waals surface area contributed by atoms with Crippen molar-refractivity contribution in [3.63, 3.8) is 0 Å². The molecule has 0 aromatic heterocycles.